The number of carbonyl (C=O) groups excluding carboxylic acids is 1. The first-order chi connectivity index (χ1) is 10.3. The van der Waals surface area contributed by atoms with Gasteiger partial charge in [-0.1, -0.05) is 6.42 Å². The zero-order valence-corrected chi connectivity index (χ0v) is 13.7. The highest BCUT2D eigenvalue weighted by atomic mass is 32.2. The van der Waals surface area contributed by atoms with E-state index in [1.165, 1.54) is 48.6 Å². The van der Waals surface area contributed by atoms with Crippen molar-refractivity contribution in [2.45, 2.75) is 43.6 Å². The van der Waals surface area contributed by atoms with Gasteiger partial charge in [0, 0.05) is 16.0 Å². The van der Waals surface area contributed by atoms with E-state index in [-0.39, 0.29) is 5.97 Å². The molecule has 3 rings (SSSR count). The number of methoxy groups -OCH3 is 1. The van der Waals surface area contributed by atoms with Crippen LogP contribution in [0.15, 0.2) is 11.4 Å². The van der Waals surface area contributed by atoms with E-state index in [9.17, 15) is 4.79 Å². The van der Waals surface area contributed by atoms with Gasteiger partial charge in [-0.15, -0.1) is 23.1 Å². The fourth-order valence-corrected chi connectivity index (χ4v) is 4.92. The number of ether oxygens (including phenoxy) is 1. The lowest BCUT2D eigenvalue weighted by atomic mass is 10.1. The molecule has 0 fully saturated rings. The number of aromatic nitrogens is 2. The molecule has 0 spiro atoms. The standard InChI is InChI=1S/C15H18N2O2S2/c1-19-12(18)7-8-20-14-13-10-5-3-2-4-6-11(10)21-15(13)17-9-16-14/h9H,2-8H2,1H3. The first-order valence-corrected chi connectivity index (χ1v) is 9.04. The van der Waals surface area contributed by atoms with Crippen LogP contribution >= 0.6 is 23.1 Å². The second kappa shape index (κ2) is 6.75. The third-order valence-electron chi connectivity index (χ3n) is 3.74. The monoisotopic (exact) mass is 322 g/mol. The van der Waals surface area contributed by atoms with Crippen molar-refractivity contribution in [2.24, 2.45) is 0 Å². The number of thioether (sulfide) groups is 1. The molecular formula is C15H18N2O2S2. The Morgan fingerprint density at radius 2 is 2.19 bits per heavy atom. The minimum Gasteiger partial charge on any atom is -0.469 e. The Balaban J connectivity index is 1.88. The molecule has 0 atom stereocenters. The van der Waals surface area contributed by atoms with Crippen LogP contribution in [-0.4, -0.2) is 28.8 Å². The predicted molar refractivity (Wildman–Crippen MR) is 86.0 cm³/mol. The predicted octanol–water partition coefficient (Wildman–Crippen LogP) is 3.62. The molecule has 1 aliphatic rings. The van der Waals surface area contributed by atoms with Crippen molar-refractivity contribution in [1.82, 2.24) is 9.97 Å². The normalized spacial score (nSPS) is 14.7. The van der Waals surface area contributed by atoms with Crippen LogP contribution in [0.2, 0.25) is 0 Å². The van der Waals surface area contributed by atoms with E-state index in [1.807, 2.05) is 11.3 Å². The number of nitrogens with zero attached hydrogens (tertiary/aromatic N) is 2. The van der Waals surface area contributed by atoms with Crippen molar-refractivity contribution in [2.75, 3.05) is 12.9 Å². The molecule has 0 saturated heterocycles. The second-order valence-electron chi connectivity index (χ2n) is 5.10. The number of fused-ring (bicyclic) bond motifs is 3. The summed E-state index contributed by atoms with van der Waals surface area (Å²) >= 11 is 3.45. The SMILES string of the molecule is COC(=O)CCSc1ncnc2sc3c(c12)CCCCC3. The molecule has 0 amide bonds. The summed E-state index contributed by atoms with van der Waals surface area (Å²) in [6, 6.07) is 0. The Morgan fingerprint density at radius 3 is 3.05 bits per heavy atom. The summed E-state index contributed by atoms with van der Waals surface area (Å²) in [5, 5.41) is 2.25. The van der Waals surface area contributed by atoms with E-state index in [1.54, 1.807) is 18.1 Å². The van der Waals surface area contributed by atoms with Crippen molar-refractivity contribution in [3.05, 3.63) is 16.8 Å². The fourth-order valence-electron chi connectivity index (χ4n) is 2.68. The molecule has 4 nitrogen and oxygen atoms in total. The van der Waals surface area contributed by atoms with Crippen molar-refractivity contribution < 1.29 is 9.53 Å². The lowest BCUT2D eigenvalue weighted by molar-refractivity contribution is -0.140. The average molecular weight is 322 g/mol. The fraction of sp³-hybridized carbons (Fsp3) is 0.533. The Bertz CT molecular complexity index is 654. The summed E-state index contributed by atoms with van der Waals surface area (Å²) < 4.78 is 4.68. The molecule has 0 N–H and O–H groups in total. The summed E-state index contributed by atoms with van der Waals surface area (Å²) in [6.07, 6.45) is 8.19. The van der Waals surface area contributed by atoms with Gasteiger partial charge in [-0.25, -0.2) is 9.97 Å². The first kappa shape index (κ1) is 14.8. The lowest BCUT2D eigenvalue weighted by Gasteiger charge is -2.04. The molecule has 0 bridgehead atoms. The zero-order valence-electron chi connectivity index (χ0n) is 12.1. The highest BCUT2D eigenvalue weighted by molar-refractivity contribution is 7.99. The van der Waals surface area contributed by atoms with Crippen LogP contribution in [0.5, 0.6) is 0 Å². The molecule has 2 aromatic rings. The van der Waals surface area contributed by atoms with Gasteiger partial charge in [0.2, 0.25) is 0 Å². The van der Waals surface area contributed by atoms with Crippen molar-refractivity contribution in [3.63, 3.8) is 0 Å². The van der Waals surface area contributed by atoms with Crippen LogP contribution in [0.25, 0.3) is 10.2 Å². The van der Waals surface area contributed by atoms with Crippen LogP contribution in [0.3, 0.4) is 0 Å². The van der Waals surface area contributed by atoms with Gasteiger partial charge in [0.15, 0.2) is 0 Å². The first-order valence-electron chi connectivity index (χ1n) is 7.24. The summed E-state index contributed by atoms with van der Waals surface area (Å²) in [4.78, 5) is 22.7. The Kier molecular flexibility index (Phi) is 4.75. The van der Waals surface area contributed by atoms with Gasteiger partial charge >= 0.3 is 5.97 Å². The molecule has 0 radical (unpaired) electrons. The molecule has 21 heavy (non-hydrogen) atoms. The zero-order chi connectivity index (χ0) is 14.7. The van der Waals surface area contributed by atoms with Gasteiger partial charge in [0.1, 0.15) is 16.2 Å². The van der Waals surface area contributed by atoms with E-state index >= 15 is 0 Å². The largest absolute Gasteiger partial charge is 0.469 e. The number of hydrogen-bond donors (Lipinski definition) is 0. The number of hydrogen-bond acceptors (Lipinski definition) is 6. The van der Waals surface area contributed by atoms with Crippen molar-refractivity contribution >= 4 is 39.3 Å². The van der Waals surface area contributed by atoms with Gasteiger partial charge in [-0.2, -0.15) is 0 Å². The maximum Gasteiger partial charge on any atom is 0.306 e. The number of esters is 1. The van der Waals surface area contributed by atoms with Gasteiger partial charge < -0.3 is 4.74 Å². The third kappa shape index (κ3) is 3.21. The molecule has 0 saturated carbocycles. The number of aryl methyl sites for hydroxylation is 2. The van der Waals surface area contributed by atoms with E-state index in [2.05, 4.69) is 14.7 Å². The quantitative estimate of drug-likeness (QED) is 0.372. The summed E-state index contributed by atoms with van der Waals surface area (Å²) in [7, 11) is 1.43. The van der Waals surface area contributed by atoms with E-state index < -0.39 is 0 Å². The molecular weight excluding hydrogens is 304 g/mol. The molecule has 0 unspecified atom stereocenters. The minimum atomic E-state index is -0.169. The van der Waals surface area contributed by atoms with Crippen LogP contribution < -0.4 is 0 Å². The highest BCUT2D eigenvalue weighted by Gasteiger charge is 2.19. The van der Waals surface area contributed by atoms with Gasteiger partial charge in [-0.05, 0) is 31.2 Å². The summed E-state index contributed by atoms with van der Waals surface area (Å²) in [5.41, 5.74) is 1.45. The van der Waals surface area contributed by atoms with Gasteiger partial charge in [0.05, 0.1) is 13.5 Å². The third-order valence-corrected chi connectivity index (χ3v) is 5.93. The highest BCUT2D eigenvalue weighted by Crippen LogP contribution is 2.38. The van der Waals surface area contributed by atoms with Crippen LogP contribution in [-0.2, 0) is 22.4 Å². The Morgan fingerprint density at radius 1 is 1.33 bits per heavy atom. The van der Waals surface area contributed by atoms with E-state index in [4.69, 9.17) is 0 Å². The van der Waals surface area contributed by atoms with Crippen LogP contribution in [0, 0.1) is 0 Å². The van der Waals surface area contributed by atoms with Crippen molar-refractivity contribution in [3.8, 4) is 0 Å². The summed E-state index contributed by atoms with van der Waals surface area (Å²) in [5.74, 6) is 0.528. The van der Waals surface area contributed by atoms with Gasteiger partial charge in [0.25, 0.3) is 0 Å². The van der Waals surface area contributed by atoms with Crippen LogP contribution in [0.4, 0.5) is 0 Å². The second-order valence-corrected chi connectivity index (χ2v) is 7.27. The van der Waals surface area contributed by atoms with Gasteiger partial charge in [-0.3, -0.25) is 4.79 Å². The minimum absolute atomic E-state index is 0.169. The molecule has 112 valence electrons. The average Bonchev–Trinajstić information content (AvgIpc) is 2.70. The number of thiophene rings is 1. The molecule has 1 aliphatic carbocycles. The maximum absolute atomic E-state index is 11.2. The molecule has 2 aromatic heterocycles. The Hall–Kier alpha value is -1.14. The lowest BCUT2D eigenvalue weighted by Crippen LogP contribution is -2.01. The van der Waals surface area contributed by atoms with Crippen LogP contribution in [0.1, 0.15) is 36.1 Å². The topological polar surface area (TPSA) is 52.1 Å². The number of rotatable bonds is 4. The van der Waals surface area contributed by atoms with E-state index in [0.717, 1.165) is 16.3 Å². The molecule has 0 aromatic carbocycles. The summed E-state index contributed by atoms with van der Waals surface area (Å²) in [6.45, 7) is 0. The molecule has 2 heterocycles. The van der Waals surface area contributed by atoms with E-state index in [0.29, 0.717) is 12.2 Å². The molecule has 6 heteroatoms. The maximum atomic E-state index is 11.2. The number of carbonyl (C=O) groups is 1. The Labute approximate surface area is 132 Å². The smallest absolute Gasteiger partial charge is 0.306 e. The van der Waals surface area contributed by atoms with Crippen molar-refractivity contribution in [1.29, 1.82) is 0 Å². The molecule has 0 aliphatic heterocycles.